The first-order valence-corrected chi connectivity index (χ1v) is 34.4. The second-order valence-corrected chi connectivity index (χ2v) is 27.2. The van der Waals surface area contributed by atoms with Crippen LogP contribution in [0.4, 0.5) is 47.3 Å². The van der Waals surface area contributed by atoms with E-state index >= 15 is 0 Å². The lowest BCUT2D eigenvalue weighted by atomic mass is 10.0. The zero-order valence-electron chi connectivity index (χ0n) is 60.4. The van der Waals surface area contributed by atoms with E-state index in [2.05, 4.69) is 57.8 Å². The molecule has 2 aromatic heterocycles. The number of nitrogens with one attached hydrogen (secondary N) is 4. The number of aromatic carboxylic acids is 1. The number of ether oxygens (including phenoxy) is 10. The highest BCUT2D eigenvalue weighted by atomic mass is 79.9. The number of nitrogens with zero attached hydrogens (tertiary/aromatic N) is 2. The smallest absolute Gasteiger partial charge is 0.429 e. The van der Waals surface area contributed by atoms with E-state index in [1.807, 2.05) is 62.4 Å². The number of anilines is 2. The highest BCUT2D eigenvalue weighted by Crippen LogP contribution is 2.38. The van der Waals surface area contributed by atoms with Gasteiger partial charge in [0.15, 0.2) is 5.69 Å². The number of hydrazine groups is 1. The number of hydrogen-bond acceptors (Lipinski definition) is 19. The van der Waals surface area contributed by atoms with Gasteiger partial charge in [0.05, 0.1) is 84.0 Å². The van der Waals surface area contributed by atoms with Crippen LogP contribution >= 0.6 is 31.9 Å². The summed E-state index contributed by atoms with van der Waals surface area (Å²) in [6.45, 7) is 13.7. The molecule has 0 spiro atoms. The van der Waals surface area contributed by atoms with Crippen molar-refractivity contribution < 1.29 is 108 Å². The molecule has 4 aromatic carbocycles. The Bertz CT molecular complexity index is 3740. The van der Waals surface area contributed by atoms with Crippen molar-refractivity contribution in [2.75, 3.05) is 57.8 Å². The third kappa shape index (κ3) is 30.2. The number of carbonyl (C=O) groups excluding carboxylic acids is 5. The quantitative estimate of drug-likeness (QED) is 0.00416. The summed E-state index contributed by atoms with van der Waals surface area (Å²) >= 11 is 6.37. The molecule has 6 aromatic rings. The first-order chi connectivity index (χ1) is 49.2. The minimum absolute atomic E-state index is 0.0133. The van der Waals surface area contributed by atoms with Crippen LogP contribution in [-0.2, 0) is 73.9 Å². The highest BCUT2D eigenvalue weighted by Gasteiger charge is 2.63. The van der Waals surface area contributed by atoms with Gasteiger partial charge in [0, 0.05) is 13.2 Å². The molecule has 0 bridgehead atoms. The van der Waals surface area contributed by atoms with Gasteiger partial charge in [0.2, 0.25) is 5.78 Å². The molecule has 0 saturated heterocycles. The number of amides is 4. The maximum atomic E-state index is 14.9. The summed E-state index contributed by atoms with van der Waals surface area (Å²) in [7, 11) is 3.16. The molecule has 4 atom stereocenters. The zero-order valence-corrected chi connectivity index (χ0v) is 63.5. The van der Waals surface area contributed by atoms with Crippen molar-refractivity contribution in [2.45, 2.75) is 168 Å². The Morgan fingerprint density at radius 1 is 0.533 bits per heavy atom. The van der Waals surface area contributed by atoms with Crippen molar-refractivity contribution in [1.82, 2.24) is 20.7 Å². The van der Waals surface area contributed by atoms with Crippen LogP contribution in [0.1, 0.15) is 135 Å². The number of ketones is 1. The molecule has 0 aliphatic carbocycles. The van der Waals surface area contributed by atoms with Crippen LogP contribution in [0.3, 0.4) is 0 Å². The topological polar surface area (TPSA) is 315 Å². The highest BCUT2D eigenvalue weighted by molar-refractivity contribution is 9.10. The lowest BCUT2D eigenvalue weighted by molar-refractivity contribution is -0.284. The van der Waals surface area contributed by atoms with Crippen LogP contribution in [0.25, 0.3) is 0 Å². The van der Waals surface area contributed by atoms with Crippen molar-refractivity contribution in [1.29, 1.82) is 0 Å². The summed E-state index contributed by atoms with van der Waals surface area (Å²) in [6, 6.07) is 34.0. The normalized spacial score (nSPS) is 13.3. The van der Waals surface area contributed by atoms with E-state index in [-0.39, 0.29) is 52.8 Å². The number of alkyl halides is 6. The number of methoxy groups -OCH3 is 2. The molecule has 2 heterocycles. The van der Waals surface area contributed by atoms with Gasteiger partial charge < -0.3 is 57.8 Å². The van der Waals surface area contributed by atoms with Crippen LogP contribution in [0, 0.1) is 13.8 Å². The van der Waals surface area contributed by atoms with Crippen LogP contribution in [0.5, 0.6) is 11.5 Å². The average molecular weight is 1610 g/mol. The number of aryl methyl sites for hydroxylation is 2. The number of carbonyl (C=O) groups is 6. The molecule has 4 amide bonds. The lowest BCUT2D eigenvalue weighted by Gasteiger charge is -2.34. The van der Waals surface area contributed by atoms with E-state index in [0.29, 0.717) is 65.8 Å². The Hall–Kier alpha value is -8.34. The van der Waals surface area contributed by atoms with Gasteiger partial charge >= 0.3 is 30.5 Å². The van der Waals surface area contributed by atoms with Crippen molar-refractivity contribution >= 4 is 79.0 Å². The van der Waals surface area contributed by atoms with Gasteiger partial charge in [-0.1, -0.05) is 84.9 Å². The van der Waals surface area contributed by atoms with Gasteiger partial charge in [-0.05, 0) is 197 Å². The summed E-state index contributed by atoms with van der Waals surface area (Å²) in [5, 5.41) is 16.0. The molecule has 0 fully saturated rings. The van der Waals surface area contributed by atoms with E-state index in [9.17, 15) is 55.1 Å². The van der Waals surface area contributed by atoms with Gasteiger partial charge in [0.1, 0.15) is 37.6 Å². The Balaban J connectivity index is 0.000000374. The van der Waals surface area contributed by atoms with Crippen molar-refractivity contribution in [3.63, 3.8) is 0 Å². The molecule has 0 radical (unpaired) electrons. The number of carboxylic acids is 1. The molecular weight excluding hydrogens is 1520 g/mol. The van der Waals surface area contributed by atoms with Gasteiger partial charge in [-0.3, -0.25) is 30.4 Å². The Morgan fingerprint density at radius 3 is 1.25 bits per heavy atom. The molecule has 0 aliphatic heterocycles. The fourth-order valence-electron chi connectivity index (χ4n) is 9.04. The Morgan fingerprint density at radius 2 is 0.895 bits per heavy atom. The van der Waals surface area contributed by atoms with E-state index < -0.39 is 103 Å². The summed E-state index contributed by atoms with van der Waals surface area (Å²) < 4.78 is 140. The number of halogens is 8. The first-order valence-electron chi connectivity index (χ1n) is 32.8. The first kappa shape index (κ1) is 89.1. The summed E-state index contributed by atoms with van der Waals surface area (Å²) in [4.78, 5) is 82.2. The number of aromatic nitrogens is 2. The minimum atomic E-state index is -5.25. The van der Waals surface area contributed by atoms with Crippen LogP contribution in [0.15, 0.2) is 131 Å². The Labute approximate surface area is 623 Å². The number of pyridine rings is 2. The number of rotatable bonds is 34. The predicted octanol–water partition coefficient (Wildman–Crippen LogP) is 14.8. The fourth-order valence-corrected chi connectivity index (χ4v) is 9.62. The molecule has 6 rings (SSSR count). The molecule has 7 N–H and O–H groups in total. The van der Waals surface area contributed by atoms with Gasteiger partial charge in [-0.25, -0.2) is 30.2 Å². The summed E-state index contributed by atoms with van der Waals surface area (Å²) in [6.07, 6.45) is -10.5. The van der Waals surface area contributed by atoms with E-state index in [1.165, 1.54) is 12.1 Å². The number of carboxylic acid groups (broad SMARTS) is 1. The summed E-state index contributed by atoms with van der Waals surface area (Å²) in [5.74, 6) is 1.23. The maximum Gasteiger partial charge on any atom is 0.429 e. The number of nitrogens with two attached hydrogens (primary N) is 1. The second kappa shape index (κ2) is 42.1. The largest absolute Gasteiger partial charge is 0.497 e. The molecule has 2 unspecified atom stereocenters. The molecule has 32 heteroatoms. The van der Waals surface area contributed by atoms with Crippen molar-refractivity contribution in [2.24, 2.45) is 5.84 Å². The number of benzene rings is 4. The predicted molar refractivity (Wildman–Crippen MR) is 384 cm³/mol. The van der Waals surface area contributed by atoms with E-state index in [1.54, 1.807) is 136 Å². The van der Waals surface area contributed by atoms with Crippen LogP contribution in [-0.4, -0.2) is 145 Å². The minimum Gasteiger partial charge on any atom is -0.497 e. The van der Waals surface area contributed by atoms with E-state index in [4.69, 9.17) is 58.3 Å². The van der Waals surface area contributed by atoms with E-state index in [0.717, 1.165) is 22.6 Å². The molecule has 105 heavy (non-hydrogen) atoms. The number of Topliss-reactive ketones (excluding diaryl/α,β-unsaturated/α-hetero) is 1. The van der Waals surface area contributed by atoms with Crippen LogP contribution < -0.4 is 36.7 Å². The molecule has 0 saturated carbocycles. The summed E-state index contributed by atoms with van der Waals surface area (Å²) in [5.41, 5.74) is -3.16. The van der Waals surface area contributed by atoms with Crippen LogP contribution in [0.2, 0.25) is 0 Å². The molecule has 24 nitrogen and oxygen atoms in total. The van der Waals surface area contributed by atoms with Crippen molar-refractivity contribution in [3.05, 3.63) is 175 Å². The molecule has 0 aliphatic rings. The molecule has 576 valence electrons. The zero-order chi connectivity index (χ0) is 78.3. The standard InChI is InChI=1S/C37H45BrF3N3O8.C24H31F3N2O5.C12H15BrN2O4/c1-24-19-29(43-34(47)52-35(3,4)5)31(44-32(24)38)30(45)20-42-33(46)36(37(39,40)41,51-22-26-12-8-7-9-13-26)23-49-18-10-11-25(2)50-21-27-14-16-28(48-6)17-15-27;1-18(33-15-20-10-12-21(31-2)13-11-20)7-6-14-32-17-23(22(30)29-28,24(25,26)27)34-16-19-8-4-3-5-9-19;1-6-5-7(8(10(16)17)15-9(6)13)14-11(18)19-12(2,3)4/h7-9,12-17,19,25H,10-11,18,20-23H2,1-6H3,(H,42,46)(H,43,47);3-5,8-13,18H,6-7,14-17,28H2,1-2H3,(H,29,30);5H,1-4H3,(H,14,18)(H,16,17)/t25-,36?;18-,23?;/m00./s1. The fraction of sp³-hybridized carbons (Fsp3) is 0.452. The second-order valence-electron chi connectivity index (χ2n) is 25.6. The number of hydrogen-bond donors (Lipinski definition) is 6. The Kier molecular flexibility index (Phi) is 35.7. The van der Waals surface area contributed by atoms with Gasteiger partial charge in [-0.2, -0.15) is 26.3 Å². The molecular formula is C73H91Br2F6N7O17. The SMILES string of the molecule is COc1ccc(CO[C@@H](C)CCCOCC(OCc2ccccc2)(C(=O)NCC(=O)c2nc(Br)c(C)cc2NC(=O)OC(C)(C)C)C(F)(F)F)cc1.COc1ccc(CO[C@@H](C)CCCOCC(OCc2ccccc2)(C(=O)NN)C(F)(F)F)cc1.Cc1cc(NC(=O)OC(C)(C)C)c(C(=O)O)nc1Br. The third-order valence-electron chi connectivity index (χ3n) is 14.7. The lowest BCUT2D eigenvalue weighted by Crippen LogP contribution is -2.62. The average Bonchev–Trinajstić information content (AvgIpc) is 0.783. The monoisotopic (exact) mass is 1610 g/mol. The maximum absolute atomic E-state index is 14.9. The van der Waals surface area contributed by atoms with Gasteiger partial charge in [-0.15, -0.1) is 0 Å². The van der Waals surface area contributed by atoms with Crippen molar-refractivity contribution in [3.8, 4) is 11.5 Å². The third-order valence-corrected chi connectivity index (χ3v) is 16.3. The van der Waals surface area contributed by atoms with Gasteiger partial charge in [0.25, 0.3) is 23.0 Å².